The first kappa shape index (κ1) is 25.6. The molecule has 4 nitrogen and oxygen atoms in total. The number of benzene rings is 5. The van der Waals surface area contributed by atoms with Crippen LogP contribution in [0, 0.1) is 0 Å². The van der Waals surface area contributed by atoms with Crippen LogP contribution < -0.4 is 9.80 Å². The van der Waals surface area contributed by atoms with Gasteiger partial charge in [-0.1, -0.05) is 84.9 Å². The topological polar surface area (TPSA) is 24.9 Å². The van der Waals surface area contributed by atoms with Gasteiger partial charge in [0.05, 0.1) is 26.4 Å². The third-order valence-electron chi connectivity index (χ3n) is 9.59. The Bertz CT molecular complexity index is 1700. The molecule has 3 aliphatic rings. The van der Waals surface area contributed by atoms with Crippen LogP contribution in [-0.4, -0.2) is 52.6 Å². The maximum absolute atomic E-state index is 5.61. The number of fused-ring (bicyclic) bond motifs is 6. The monoisotopic (exact) mass is 552 g/mol. The van der Waals surface area contributed by atoms with E-state index in [0.717, 1.165) is 59.0 Å². The summed E-state index contributed by atoms with van der Waals surface area (Å²) in [7, 11) is 0. The molecule has 42 heavy (non-hydrogen) atoms. The average molecular weight is 553 g/mol. The smallest absolute Gasteiger partial charge is 0.0642 e. The highest BCUT2D eigenvalue weighted by atomic mass is 16.5. The minimum absolute atomic E-state index is 0.273. The number of ether oxygens (including phenoxy) is 2. The van der Waals surface area contributed by atoms with E-state index in [1.807, 2.05) is 0 Å². The van der Waals surface area contributed by atoms with Crippen LogP contribution in [-0.2, 0) is 21.3 Å². The van der Waals surface area contributed by atoms with Crippen LogP contribution in [0.15, 0.2) is 103 Å². The summed E-state index contributed by atoms with van der Waals surface area (Å²) in [6.07, 6.45) is 5.79. The van der Waals surface area contributed by atoms with E-state index < -0.39 is 0 Å². The summed E-state index contributed by atoms with van der Waals surface area (Å²) in [5, 5.41) is 5.35. The lowest BCUT2D eigenvalue weighted by atomic mass is 9.66. The average Bonchev–Trinajstić information content (AvgIpc) is 3.09. The molecule has 5 aromatic carbocycles. The molecule has 2 saturated heterocycles. The Morgan fingerprint density at radius 3 is 1.48 bits per heavy atom. The number of morpholine rings is 2. The van der Waals surface area contributed by atoms with Crippen molar-refractivity contribution in [1.29, 1.82) is 0 Å². The third-order valence-corrected chi connectivity index (χ3v) is 9.59. The molecule has 2 heterocycles. The number of rotatable bonds is 4. The number of hydrogen-bond donors (Lipinski definition) is 0. The first-order valence-corrected chi connectivity index (χ1v) is 15.3. The zero-order valence-corrected chi connectivity index (χ0v) is 24.0. The highest BCUT2D eigenvalue weighted by molar-refractivity contribution is 6.13. The lowest BCUT2D eigenvalue weighted by Gasteiger charge is -2.38. The molecule has 4 heteroatoms. The first-order valence-electron chi connectivity index (χ1n) is 15.3. The second kappa shape index (κ2) is 10.6. The van der Waals surface area contributed by atoms with Crippen molar-refractivity contribution in [2.45, 2.75) is 11.8 Å². The summed E-state index contributed by atoms with van der Waals surface area (Å²) >= 11 is 0. The Morgan fingerprint density at radius 2 is 0.952 bits per heavy atom. The van der Waals surface area contributed by atoms with E-state index in [2.05, 4.69) is 119 Å². The molecule has 0 aromatic heterocycles. The lowest BCUT2D eigenvalue weighted by molar-refractivity contribution is 0.122. The molecule has 0 N–H and O–H groups in total. The van der Waals surface area contributed by atoms with E-state index in [1.165, 1.54) is 55.2 Å². The SMILES string of the molecule is C1=CC(c2ccc(N3CCOCC3)cc2)(c2ccc(N3CCOCC3)cc2)Cc2c1c1ccccc1c1ccccc21. The van der Waals surface area contributed by atoms with Gasteiger partial charge in [-0.3, -0.25) is 0 Å². The van der Waals surface area contributed by atoms with E-state index in [-0.39, 0.29) is 5.41 Å². The molecule has 8 rings (SSSR count). The van der Waals surface area contributed by atoms with Crippen molar-refractivity contribution in [3.63, 3.8) is 0 Å². The minimum Gasteiger partial charge on any atom is -0.378 e. The van der Waals surface area contributed by atoms with Gasteiger partial charge in [0.25, 0.3) is 0 Å². The highest BCUT2D eigenvalue weighted by Gasteiger charge is 2.36. The number of nitrogens with zero attached hydrogens (tertiary/aromatic N) is 2. The summed E-state index contributed by atoms with van der Waals surface area (Å²) in [4.78, 5) is 4.87. The Balaban J connectivity index is 1.27. The maximum atomic E-state index is 5.61. The van der Waals surface area contributed by atoms with Crippen molar-refractivity contribution in [2.24, 2.45) is 0 Å². The summed E-state index contributed by atoms with van der Waals surface area (Å²) in [6.45, 7) is 6.95. The Labute approximate surface area is 247 Å². The van der Waals surface area contributed by atoms with Crippen molar-refractivity contribution < 1.29 is 9.47 Å². The van der Waals surface area contributed by atoms with E-state index in [0.29, 0.717) is 0 Å². The van der Waals surface area contributed by atoms with Gasteiger partial charge in [0.2, 0.25) is 0 Å². The second-order valence-corrected chi connectivity index (χ2v) is 11.8. The summed E-state index contributed by atoms with van der Waals surface area (Å²) in [5.74, 6) is 0. The third kappa shape index (κ3) is 4.29. The van der Waals surface area contributed by atoms with Crippen LogP contribution in [0.5, 0.6) is 0 Å². The van der Waals surface area contributed by atoms with Crippen LogP contribution in [0.4, 0.5) is 11.4 Å². The van der Waals surface area contributed by atoms with Gasteiger partial charge in [-0.15, -0.1) is 0 Å². The van der Waals surface area contributed by atoms with Crippen molar-refractivity contribution in [1.82, 2.24) is 0 Å². The zero-order valence-electron chi connectivity index (χ0n) is 24.0. The molecule has 1 aliphatic carbocycles. The molecule has 0 unspecified atom stereocenters. The summed E-state index contributed by atoms with van der Waals surface area (Å²) < 4.78 is 11.2. The van der Waals surface area contributed by atoms with E-state index >= 15 is 0 Å². The molecule has 0 amide bonds. The molecular formula is C38H36N2O2. The van der Waals surface area contributed by atoms with Crippen molar-refractivity contribution >= 4 is 39.0 Å². The van der Waals surface area contributed by atoms with Crippen LogP contribution in [0.25, 0.3) is 27.6 Å². The van der Waals surface area contributed by atoms with Gasteiger partial charge in [0.15, 0.2) is 0 Å². The molecule has 2 fully saturated rings. The molecule has 210 valence electrons. The minimum atomic E-state index is -0.273. The van der Waals surface area contributed by atoms with Gasteiger partial charge in [0.1, 0.15) is 0 Å². The Kier molecular flexibility index (Phi) is 6.46. The van der Waals surface area contributed by atoms with E-state index in [4.69, 9.17) is 9.47 Å². The predicted molar refractivity (Wildman–Crippen MR) is 174 cm³/mol. The summed E-state index contributed by atoms with van der Waals surface area (Å²) in [6, 6.07) is 36.5. The molecule has 2 aliphatic heterocycles. The molecule has 5 aromatic rings. The quantitative estimate of drug-likeness (QED) is 0.220. The Morgan fingerprint density at radius 1 is 0.500 bits per heavy atom. The van der Waals surface area contributed by atoms with Crippen LogP contribution in [0.3, 0.4) is 0 Å². The number of anilines is 2. The van der Waals surface area contributed by atoms with Gasteiger partial charge >= 0.3 is 0 Å². The van der Waals surface area contributed by atoms with Crippen LogP contribution in [0.2, 0.25) is 0 Å². The van der Waals surface area contributed by atoms with E-state index in [1.54, 1.807) is 0 Å². The zero-order chi connectivity index (χ0) is 27.9. The van der Waals surface area contributed by atoms with Gasteiger partial charge in [0, 0.05) is 43.0 Å². The fourth-order valence-corrected chi connectivity index (χ4v) is 7.33. The molecular weight excluding hydrogens is 516 g/mol. The highest BCUT2D eigenvalue weighted by Crippen LogP contribution is 2.46. The summed E-state index contributed by atoms with van der Waals surface area (Å²) in [5.41, 5.74) is 7.73. The molecule has 0 atom stereocenters. The predicted octanol–water partition coefficient (Wildman–Crippen LogP) is 7.22. The Hall–Kier alpha value is -4.12. The fourth-order valence-electron chi connectivity index (χ4n) is 7.33. The second-order valence-electron chi connectivity index (χ2n) is 11.8. The van der Waals surface area contributed by atoms with Crippen LogP contribution >= 0.6 is 0 Å². The van der Waals surface area contributed by atoms with Crippen LogP contribution in [0.1, 0.15) is 22.3 Å². The standard InChI is InChI=1S/C38H36N2O2/c1-2-7-34-32(5-1)33-6-3-4-8-35(33)37-27-38(18-17-36(34)37,28-9-13-30(14-10-28)39-19-23-41-24-20-39)29-11-15-31(16-12-29)40-21-25-42-26-22-40/h1-18H,19-27H2. The first-order chi connectivity index (χ1) is 20.8. The van der Waals surface area contributed by atoms with Gasteiger partial charge in [-0.05, 0) is 74.5 Å². The number of hydrogen-bond acceptors (Lipinski definition) is 4. The largest absolute Gasteiger partial charge is 0.378 e. The normalized spacial score (nSPS) is 18.4. The van der Waals surface area contributed by atoms with Gasteiger partial charge in [-0.2, -0.15) is 0 Å². The van der Waals surface area contributed by atoms with Gasteiger partial charge in [-0.25, -0.2) is 0 Å². The molecule has 0 bridgehead atoms. The molecule has 0 spiro atoms. The molecule has 0 radical (unpaired) electrons. The fraction of sp³-hybridized carbons (Fsp3) is 0.263. The molecule has 0 saturated carbocycles. The lowest BCUT2D eigenvalue weighted by Crippen LogP contribution is -2.36. The van der Waals surface area contributed by atoms with E-state index in [9.17, 15) is 0 Å². The van der Waals surface area contributed by atoms with Crippen molar-refractivity contribution in [3.05, 3.63) is 125 Å². The van der Waals surface area contributed by atoms with Crippen molar-refractivity contribution in [2.75, 3.05) is 62.4 Å². The number of allylic oxidation sites excluding steroid dienone is 1. The maximum Gasteiger partial charge on any atom is 0.0642 e. The van der Waals surface area contributed by atoms with Gasteiger partial charge < -0.3 is 19.3 Å². The van der Waals surface area contributed by atoms with Crippen molar-refractivity contribution in [3.8, 4) is 0 Å².